The van der Waals surface area contributed by atoms with Gasteiger partial charge in [0.1, 0.15) is 0 Å². The van der Waals surface area contributed by atoms with Crippen molar-refractivity contribution in [3.63, 3.8) is 0 Å². The maximum absolute atomic E-state index is 12.0. The van der Waals surface area contributed by atoms with Gasteiger partial charge in [-0.15, -0.1) is 0 Å². The Morgan fingerprint density at radius 2 is 1.69 bits per heavy atom. The van der Waals surface area contributed by atoms with Crippen molar-refractivity contribution in [1.29, 1.82) is 0 Å². The van der Waals surface area contributed by atoms with E-state index in [0.29, 0.717) is 4.90 Å². The van der Waals surface area contributed by atoms with Crippen LogP contribution in [0.3, 0.4) is 0 Å². The average molecular weight is 235 g/mol. The van der Waals surface area contributed by atoms with Gasteiger partial charge in [0.2, 0.25) is 0 Å². The van der Waals surface area contributed by atoms with Crippen molar-refractivity contribution in [1.82, 2.24) is 0 Å². The zero-order chi connectivity index (χ0) is 11.6. The van der Waals surface area contributed by atoms with Crippen molar-refractivity contribution in [2.24, 2.45) is 5.73 Å². The van der Waals surface area contributed by atoms with E-state index in [-0.39, 0.29) is 12.3 Å². The minimum Gasteiger partial charge on any atom is -0.329 e. The van der Waals surface area contributed by atoms with Crippen LogP contribution in [0.15, 0.2) is 47.4 Å². The van der Waals surface area contributed by atoms with E-state index in [1.165, 1.54) is 0 Å². The summed E-state index contributed by atoms with van der Waals surface area (Å²) in [5.41, 5.74) is 5.32. The Hall–Kier alpha value is -1.39. The van der Waals surface area contributed by atoms with Crippen LogP contribution in [0.4, 0.5) is 0 Å². The lowest BCUT2D eigenvalue weighted by Gasteiger charge is -2.06. The highest BCUT2D eigenvalue weighted by Crippen LogP contribution is 2.23. The van der Waals surface area contributed by atoms with Crippen LogP contribution in [0.25, 0.3) is 10.8 Å². The molecule has 0 amide bonds. The molecule has 2 N–H and O–H groups in total. The van der Waals surface area contributed by atoms with Gasteiger partial charge in [-0.2, -0.15) is 0 Å². The molecule has 3 nitrogen and oxygen atoms in total. The van der Waals surface area contributed by atoms with Crippen LogP contribution < -0.4 is 5.73 Å². The summed E-state index contributed by atoms with van der Waals surface area (Å²) >= 11 is 0. The van der Waals surface area contributed by atoms with Crippen LogP contribution >= 0.6 is 0 Å². The summed E-state index contributed by atoms with van der Waals surface area (Å²) in [7, 11) is -3.26. The Balaban J connectivity index is 2.70. The number of benzene rings is 2. The highest BCUT2D eigenvalue weighted by molar-refractivity contribution is 7.91. The van der Waals surface area contributed by atoms with Gasteiger partial charge in [0.15, 0.2) is 9.84 Å². The van der Waals surface area contributed by atoms with Gasteiger partial charge in [0.05, 0.1) is 10.6 Å². The fraction of sp³-hybridized carbons (Fsp3) is 0.167. The summed E-state index contributed by atoms with van der Waals surface area (Å²) < 4.78 is 23.9. The minimum absolute atomic E-state index is 0.0129. The molecule has 0 aliphatic heterocycles. The normalized spacial score (nSPS) is 11.8. The first-order valence-corrected chi connectivity index (χ1v) is 6.71. The molecule has 0 radical (unpaired) electrons. The van der Waals surface area contributed by atoms with Gasteiger partial charge >= 0.3 is 0 Å². The second-order valence-corrected chi connectivity index (χ2v) is 5.66. The molecule has 0 saturated heterocycles. The number of hydrogen-bond acceptors (Lipinski definition) is 3. The highest BCUT2D eigenvalue weighted by Gasteiger charge is 2.15. The Morgan fingerprint density at radius 3 is 2.44 bits per heavy atom. The fourth-order valence-electron chi connectivity index (χ4n) is 1.73. The summed E-state index contributed by atoms with van der Waals surface area (Å²) in [6.45, 7) is 0.144. The van der Waals surface area contributed by atoms with Crippen LogP contribution in [-0.4, -0.2) is 20.7 Å². The molecular weight excluding hydrogens is 222 g/mol. The maximum atomic E-state index is 12.0. The van der Waals surface area contributed by atoms with Crippen molar-refractivity contribution in [2.45, 2.75) is 4.90 Å². The number of hydrogen-bond donors (Lipinski definition) is 1. The molecule has 0 unspecified atom stereocenters. The van der Waals surface area contributed by atoms with Crippen LogP contribution in [-0.2, 0) is 9.84 Å². The van der Waals surface area contributed by atoms with E-state index >= 15 is 0 Å². The van der Waals surface area contributed by atoms with Crippen molar-refractivity contribution < 1.29 is 8.42 Å². The topological polar surface area (TPSA) is 60.2 Å². The average Bonchev–Trinajstić information content (AvgIpc) is 2.28. The molecule has 0 aromatic heterocycles. The van der Waals surface area contributed by atoms with Crippen LogP contribution in [0.2, 0.25) is 0 Å². The first kappa shape index (κ1) is 11.1. The molecule has 2 aromatic carbocycles. The molecule has 0 saturated carbocycles. The first-order valence-electron chi connectivity index (χ1n) is 5.06. The van der Waals surface area contributed by atoms with Crippen LogP contribution in [0.1, 0.15) is 0 Å². The molecule has 16 heavy (non-hydrogen) atoms. The number of fused-ring (bicyclic) bond motifs is 1. The number of sulfone groups is 1. The molecule has 0 atom stereocenters. The molecule has 0 fully saturated rings. The predicted octanol–water partition coefficient (Wildman–Crippen LogP) is 1.57. The van der Waals surface area contributed by atoms with Gasteiger partial charge in [-0.25, -0.2) is 8.42 Å². The lowest BCUT2D eigenvalue weighted by molar-refractivity contribution is 0.597. The first-order chi connectivity index (χ1) is 7.65. The molecule has 0 bridgehead atoms. The van der Waals surface area contributed by atoms with Gasteiger partial charge in [-0.3, -0.25) is 0 Å². The minimum atomic E-state index is -3.26. The summed E-state index contributed by atoms with van der Waals surface area (Å²) in [4.78, 5) is 0.371. The lowest BCUT2D eigenvalue weighted by atomic mass is 10.1. The largest absolute Gasteiger partial charge is 0.329 e. The third-order valence-corrected chi connectivity index (χ3v) is 4.27. The van der Waals surface area contributed by atoms with E-state index in [2.05, 4.69) is 0 Å². The van der Waals surface area contributed by atoms with Gasteiger partial charge in [0.25, 0.3) is 0 Å². The van der Waals surface area contributed by atoms with Crippen molar-refractivity contribution >= 4 is 20.6 Å². The molecule has 2 rings (SSSR count). The third kappa shape index (κ3) is 1.94. The maximum Gasteiger partial charge on any atom is 0.180 e. The molecule has 0 heterocycles. The summed E-state index contributed by atoms with van der Waals surface area (Å²) in [6, 6.07) is 12.7. The predicted molar refractivity (Wildman–Crippen MR) is 65.1 cm³/mol. The van der Waals surface area contributed by atoms with E-state index in [0.717, 1.165) is 10.8 Å². The summed E-state index contributed by atoms with van der Waals surface area (Å²) in [5.74, 6) is -0.0129. The lowest BCUT2D eigenvalue weighted by Crippen LogP contribution is -2.15. The smallest absolute Gasteiger partial charge is 0.180 e. The fourth-order valence-corrected chi connectivity index (χ4v) is 3.07. The van der Waals surface area contributed by atoms with E-state index in [1.54, 1.807) is 12.1 Å². The second kappa shape index (κ2) is 4.23. The SMILES string of the molecule is NCCS(=O)(=O)c1cccc2ccccc12. The van der Waals surface area contributed by atoms with Crippen molar-refractivity contribution in [3.05, 3.63) is 42.5 Å². The zero-order valence-electron chi connectivity index (χ0n) is 8.76. The number of nitrogens with two attached hydrogens (primary N) is 1. The van der Waals surface area contributed by atoms with E-state index in [9.17, 15) is 8.42 Å². The van der Waals surface area contributed by atoms with Crippen molar-refractivity contribution in [2.75, 3.05) is 12.3 Å². The van der Waals surface area contributed by atoms with Gasteiger partial charge in [0, 0.05) is 11.9 Å². The molecule has 4 heteroatoms. The van der Waals surface area contributed by atoms with Gasteiger partial charge in [-0.1, -0.05) is 36.4 Å². The molecule has 0 spiro atoms. The Kier molecular flexibility index (Phi) is 2.94. The Labute approximate surface area is 94.8 Å². The van der Waals surface area contributed by atoms with Crippen molar-refractivity contribution in [3.8, 4) is 0 Å². The van der Waals surface area contributed by atoms with Gasteiger partial charge in [-0.05, 0) is 11.5 Å². The third-order valence-electron chi connectivity index (χ3n) is 2.47. The standard InChI is InChI=1S/C12H13NO2S/c13-8-9-16(14,15)12-7-3-5-10-4-1-2-6-11(10)12/h1-7H,8-9,13H2. The Bertz CT molecular complexity index is 600. The van der Waals surface area contributed by atoms with Crippen LogP contribution in [0.5, 0.6) is 0 Å². The summed E-state index contributed by atoms with van der Waals surface area (Å²) in [6.07, 6.45) is 0. The highest BCUT2D eigenvalue weighted by atomic mass is 32.2. The van der Waals surface area contributed by atoms with E-state index in [1.807, 2.05) is 30.3 Å². The Morgan fingerprint density at radius 1 is 1.00 bits per heavy atom. The monoisotopic (exact) mass is 235 g/mol. The number of rotatable bonds is 3. The quantitative estimate of drug-likeness (QED) is 0.878. The van der Waals surface area contributed by atoms with Crippen LogP contribution in [0, 0.1) is 0 Å². The van der Waals surface area contributed by atoms with E-state index < -0.39 is 9.84 Å². The second-order valence-electron chi connectivity index (χ2n) is 3.58. The molecule has 0 aliphatic rings. The van der Waals surface area contributed by atoms with Gasteiger partial charge < -0.3 is 5.73 Å². The molecular formula is C12H13NO2S. The molecule has 0 aliphatic carbocycles. The molecule has 2 aromatic rings. The zero-order valence-corrected chi connectivity index (χ0v) is 9.57. The van der Waals surface area contributed by atoms with E-state index in [4.69, 9.17) is 5.73 Å². The molecule has 84 valence electrons. The summed E-state index contributed by atoms with van der Waals surface area (Å²) in [5, 5.41) is 1.69.